The van der Waals surface area contributed by atoms with Gasteiger partial charge < -0.3 is 14.9 Å². The Morgan fingerprint density at radius 2 is 1.94 bits per heavy atom. The van der Waals surface area contributed by atoms with Crippen LogP contribution in [0.2, 0.25) is 0 Å². The summed E-state index contributed by atoms with van der Waals surface area (Å²) >= 11 is 0. The van der Waals surface area contributed by atoms with Gasteiger partial charge in [-0.2, -0.15) is 0 Å². The van der Waals surface area contributed by atoms with Crippen LogP contribution in [-0.4, -0.2) is 23.3 Å². The molecule has 0 heterocycles. The minimum atomic E-state index is -1.08. The molecule has 2 N–H and O–H groups in total. The number of benzene rings is 1. The molecule has 0 fully saturated rings. The molecule has 0 radical (unpaired) electrons. The lowest BCUT2D eigenvalue weighted by molar-refractivity contribution is -0.138. The van der Waals surface area contributed by atoms with Crippen molar-refractivity contribution in [2.24, 2.45) is 0 Å². The molecule has 0 bridgehead atoms. The Hall–Kier alpha value is -1.55. The van der Waals surface area contributed by atoms with E-state index < -0.39 is 11.6 Å². The average molecular weight is 238 g/mol. The standard InChI is InChI=1S/C13H18O4/c1-3-13(16,9-8-12(14)15)10-4-6-11(17-2)7-5-10/h4-7,16H,3,8-9H2,1-2H3,(H,14,15). The molecule has 1 aromatic carbocycles. The zero-order valence-corrected chi connectivity index (χ0v) is 10.1. The van der Waals surface area contributed by atoms with Crippen LogP contribution in [0.15, 0.2) is 24.3 Å². The number of hydrogen-bond donors (Lipinski definition) is 2. The highest BCUT2D eigenvalue weighted by Gasteiger charge is 2.27. The van der Waals surface area contributed by atoms with E-state index in [-0.39, 0.29) is 12.8 Å². The zero-order valence-electron chi connectivity index (χ0n) is 10.1. The molecule has 4 heteroatoms. The van der Waals surface area contributed by atoms with E-state index in [0.717, 1.165) is 5.56 Å². The molecular weight excluding hydrogens is 220 g/mol. The van der Waals surface area contributed by atoms with Crippen LogP contribution < -0.4 is 4.74 Å². The summed E-state index contributed by atoms with van der Waals surface area (Å²) in [4.78, 5) is 10.6. The van der Waals surface area contributed by atoms with E-state index in [0.29, 0.717) is 12.2 Å². The Bertz CT molecular complexity index is 372. The van der Waals surface area contributed by atoms with Crippen molar-refractivity contribution < 1.29 is 19.7 Å². The molecule has 1 rings (SSSR count). The number of hydrogen-bond acceptors (Lipinski definition) is 3. The van der Waals surface area contributed by atoms with Crippen LogP contribution in [0, 0.1) is 0 Å². The minimum absolute atomic E-state index is 0.0453. The molecule has 0 aliphatic rings. The zero-order chi connectivity index (χ0) is 12.9. The molecule has 1 aromatic rings. The molecule has 0 spiro atoms. The van der Waals surface area contributed by atoms with E-state index in [1.165, 1.54) is 0 Å². The topological polar surface area (TPSA) is 66.8 Å². The van der Waals surface area contributed by atoms with Gasteiger partial charge in [-0.05, 0) is 30.5 Å². The summed E-state index contributed by atoms with van der Waals surface area (Å²) in [6.45, 7) is 1.84. The molecule has 94 valence electrons. The third-order valence-electron chi connectivity index (χ3n) is 2.96. The quantitative estimate of drug-likeness (QED) is 0.797. The van der Waals surface area contributed by atoms with Gasteiger partial charge in [0.1, 0.15) is 5.75 Å². The number of methoxy groups -OCH3 is 1. The first-order valence-electron chi connectivity index (χ1n) is 5.60. The van der Waals surface area contributed by atoms with E-state index >= 15 is 0 Å². The lowest BCUT2D eigenvalue weighted by Gasteiger charge is -2.26. The molecule has 0 amide bonds. The third kappa shape index (κ3) is 3.46. The largest absolute Gasteiger partial charge is 0.497 e. The van der Waals surface area contributed by atoms with Crippen LogP contribution in [0.4, 0.5) is 0 Å². The van der Waals surface area contributed by atoms with E-state index in [1.54, 1.807) is 31.4 Å². The SMILES string of the molecule is CCC(O)(CCC(=O)O)c1ccc(OC)cc1. The lowest BCUT2D eigenvalue weighted by Crippen LogP contribution is -2.25. The van der Waals surface area contributed by atoms with Crippen LogP contribution in [-0.2, 0) is 10.4 Å². The van der Waals surface area contributed by atoms with E-state index in [9.17, 15) is 9.90 Å². The highest BCUT2D eigenvalue weighted by atomic mass is 16.5. The Morgan fingerprint density at radius 3 is 2.35 bits per heavy atom. The van der Waals surface area contributed by atoms with Crippen LogP contribution in [0.5, 0.6) is 5.75 Å². The molecule has 1 unspecified atom stereocenters. The maximum absolute atomic E-state index is 10.6. The van der Waals surface area contributed by atoms with E-state index in [4.69, 9.17) is 9.84 Å². The average Bonchev–Trinajstić information content (AvgIpc) is 2.36. The van der Waals surface area contributed by atoms with Gasteiger partial charge in [-0.15, -0.1) is 0 Å². The van der Waals surface area contributed by atoms with Crippen LogP contribution in [0.3, 0.4) is 0 Å². The Balaban J connectivity index is 2.86. The van der Waals surface area contributed by atoms with Gasteiger partial charge in [0.05, 0.1) is 12.7 Å². The van der Waals surface area contributed by atoms with Gasteiger partial charge in [-0.1, -0.05) is 19.1 Å². The van der Waals surface area contributed by atoms with Gasteiger partial charge in [0.25, 0.3) is 0 Å². The summed E-state index contributed by atoms with van der Waals surface area (Å²) in [6, 6.07) is 7.06. The van der Waals surface area contributed by atoms with Gasteiger partial charge in [0.15, 0.2) is 0 Å². The van der Waals surface area contributed by atoms with Gasteiger partial charge in [0.2, 0.25) is 0 Å². The highest BCUT2D eigenvalue weighted by molar-refractivity contribution is 5.66. The fourth-order valence-electron chi connectivity index (χ4n) is 1.74. The predicted octanol–water partition coefficient (Wildman–Crippen LogP) is 2.16. The second-order valence-electron chi connectivity index (χ2n) is 4.01. The Labute approximate surface area is 101 Å². The van der Waals surface area contributed by atoms with Crippen molar-refractivity contribution in [1.82, 2.24) is 0 Å². The first-order chi connectivity index (χ1) is 8.01. The molecular formula is C13H18O4. The number of aliphatic carboxylic acids is 1. The molecule has 0 saturated carbocycles. The molecule has 0 saturated heterocycles. The monoisotopic (exact) mass is 238 g/mol. The van der Waals surface area contributed by atoms with Crippen molar-refractivity contribution in [3.63, 3.8) is 0 Å². The summed E-state index contributed by atoms with van der Waals surface area (Å²) in [6.07, 6.45) is 0.647. The number of aliphatic hydroxyl groups is 1. The van der Waals surface area contributed by atoms with Crippen LogP contribution >= 0.6 is 0 Å². The first-order valence-corrected chi connectivity index (χ1v) is 5.60. The van der Waals surface area contributed by atoms with Crippen LogP contribution in [0.1, 0.15) is 31.7 Å². The maximum atomic E-state index is 10.6. The van der Waals surface area contributed by atoms with E-state index in [2.05, 4.69) is 0 Å². The molecule has 17 heavy (non-hydrogen) atoms. The summed E-state index contributed by atoms with van der Waals surface area (Å²) in [5, 5.41) is 19.1. The summed E-state index contributed by atoms with van der Waals surface area (Å²) in [7, 11) is 1.57. The second kappa shape index (κ2) is 5.68. The number of carboxylic acid groups (broad SMARTS) is 1. The number of carbonyl (C=O) groups is 1. The van der Waals surface area contributed by atoms with Gasteiger partial charge in [-0.3, -0.25) is 4.79 Å². The molecule has 0 aromatic heterocycles. The van der Waals surface area contributed by atoms with Gasteiger partial charge >= 0.3 is 5.97 Å². The van der Waals surface area contributed by atoms with E-state index in [1.807, 2.05) is 6.92 Å². The minimum Gasteiger partial charge on any atom is -0.497 e. The summed E-state index contributed by atoms with van der Waals surface area (Å²) in [5.41, 5.74) is -0.355. The fraction of sp³-hybridized carbons (Fsp3) is 0.462. The number of rotatable bonds is 6. The molecule has 0 aliphatic carbocycles. The highest BCUT2D eigenvalue weighted by Crippen LogP contribution is 2.31. The number of ether oxygens (including phenoxy) is 1. The van der Waals surface area contributed by atoms with Crippen molar-refractivity contribution in [2.75, 3.05) is 7.11 Å². The maximum Gasteiger partial charge on any atom is 0.303 e. The van der Waals surface area contributed by atoms with Gasteiger partial charge in [-0.25, -0.2) is 0 Å². The second-order valence-corrected chi connectivity index (χ2v) is 4.01. The van der Waals surface area contributed by atoms with Crippen LogP contribution in [0.25, 0.3) is 0 Å². The molecule has 0 aliphatic heterocycles. The van der Waals surface area contributed by atoms with Crippen molar-refractivity contribution in [2.45, 2.75) is 31.8 Å². The van der Waals surface area contributed by atoms with Crippen molar-refractivity contribution >= 4 is 5.97 Å². The Morgan fingerprint density at radius 1 is 1.35 bits per heavy atom. The van der Waals surface area contributed by atoms with Crippen molar-refractivity contribution in [3.05, 3.63) is 29.8 Å². The third-order valence-corrected chi connectivity index (χ3v) is 2.96. The predicted molar refractivity (Wildman–Crippen MR) is 64.1 cm³/mol. The summed E-state index contributed by atoms with van der Waals surface area (Å²) in [5.74, 6) is -0.184. The normalized spacial score (nSPS) is 14.1. The fourth-order valence-corrected chi connectivity index (χ4v) is 1.74. The van der Waals surface area contributed by atoms with Gasteiger partial charge in [0, 0.05) is 6.42 Å². The summed E-state index contributed by atoms with van der Waals surface area (Å²) < 4.78 is 5.04. The van der Waals surface area contributed by atoms with Crippen molar-refractivity contribution in [1.29, 1.82) is 0 Å². The Kier molecular flexibility index (Phi) is 4.52. The smallest absolute Gasteiger partial charge is 0.303 e. The van der Waals surface area contributed by atoms with Crippen molar-refractivity contribution in [3.8, 4) is 5.75 Å². The lowest BCUT2D eigenvalue weighted by atomic mass is 9.87. The number of carboxylic acids is 1. The first kappa shape index (κ1) is 13.5. The molecule has 1 atom stereocenters. The molecule has 4 nitrogen and oxygen atoms in total.